The van der Waals surface area contributed by atoms with E-state index in [1.165, 1.54) is 5.56 Å². The van der Waals surface area contributed by atoms with Gasteiger partial charge in [-0.1, -0.05) is 6.07 Å². The molecule has 2 aromatic rings. The fourth-order valence-corrected chi connectivity index (χ4v) is 1.31. The summed E-state index contributed by atoms with van der Waals surface area (Å²) < 4.78 is 0. The number of hydrogen-bond acceptors (Lipinski definition) is 2. The molecule has 0 saturated heterocycles. The fourth-order valence-electron chi connectivity index (χ4n) is 1.31. The SMILES string of the molecule is c1ccc(CNCc2cc[nH]c2)nc1. The molecule has 0 saturated carbocycles. The summed E-state index contributed by atoms with van der Waals surface area (Å²) in [4.78, 5) is 7.25. The number of nitrogens with one attached hydrogen (secondary N) is 2. The van der Waals surface area contributed by atoms with Crippen molar-refractivity contribution in [2.45, 2.75) is 13.1 Å². The molecule has 2 heterocycles. The molecule has 3 nitrogen and oxygen atoms in total. The zero-order valence-corrected chi connectivity index (χ0v) is 7.90. The summed E-state index contributed by atoms with van der Waals surface area (Å²) in [5, 5.41) is 3.32. The molecule has 14 heavy (non-hydrogen) atoms. The van der Waals surface area contributed by atoms with Crippen molar-refractivity contribution in [3.63, 3.8) is 0 Å². The molecular weight excluding hydrogens is 174 g/mol. The maximum atomic E-state index is 4.23. The average molecular weight is 187 g/mol. The van der Waals surface area contributed by atoms with Gasteiger partial charge in [0.1, 0.15) is 0 Å². The Morgan fingerprint density at radius 2 is 2.21 bits per heavy atom. The molecule has 0 atom stereocenters. The number of pyridine rings is 1. The van der Waals surface area contributed by atoms with Gasteiger partial charge in [-0.25, -0.2) is 0 Å². The first-order valence-corrected chi connectivity index (χ1v) is 4.67. The van der Waals surface area contributed by atoms with Crippen LogP contribution < -0.4 is 5.32 Å². The van der Waals surface area contributed by atoms with Crippen LogP contribution in [0.2, 0.25) is 0 Å². The van der Waals surface area contributed by atoms with Gasteiger partial charge in [0, 0.05) is 31.7 Å². The summed E-state index contributed by atoms with van der Waals surface area (Å²) in [6, 6.07) is 8.01. The summed E-state index contributed by atoms with van der Waals surface area (Å²) >= 11 is 0. The molecule has 0 unspecified atom stereocenters. The Hall–Kier alpha value is -1.61. The molecule has 0 fully saturated rings. The van der Waals surface area contributed by atoms with E-state index in [0.717, 1.165) is 18.8 Å². The van der Waals surface area contributed by atoms with E-state index in [1.54, 1.807) is 0 Å². The molecule has 2 aromatic heterocycles. The molecule has 72 valence electrons. The first-order chi connectivity index (χ1) is 6.95. The van der Waals surface area contributed by atoms with Crippen molar-refractivity contribution in [2.75, 3.05) is 0 Å². The van der Waals surface area contributed by atoms with E-state index in [2.05, 4.69) is 21.4 Å². The summed E-state index contributed by atoms with van der Waals surface area (Å²) in [7, 11) is 0. The van der Waals surface area contributed by atoms with E-state index < -0.39 is 0 Å². The van der Waals surface area contributed by atoms with Crippen LogP contribution in [0.15, 0.2) is 42.9 Å². The Balaban J connectivity index is 1.79. The van der Waals surface area contributed by atoms with Crippen LogP contribution in [0.25, 0.3) is 0 Å². The van der Waals surface area contributed by atoms with E-state index >= 15 is 0 Å². The van der Waals surface area contributed by atoms with Crippen LogP contribution >= 0.6 is 0 Å². The van der Waals surface area contributed by atoms with Gasteiger partial charge < -0.3 is 10.3 Å². The highest BCUT2D eigenvalue weighted by atomic mass is 14.9. The number of nitrogens with zero attached hydrogens (tertiary/aromatic N) is 1. The van der Waals surface area contributed by atoms with Crippen LogP contribution in [-0.4, -0.2) is 9.97 Å². The smallest absolute Gasteiger partial charge is 0.0541 e. The number of aromatic amines is 1. The van der Waals surface area contributed by atoms with Gasteiger partial charge in [0.05, 0.1) is 5.69 Å². The minimum atomic E-state index is 0.812. The first-order valence-electron chi connectivity index (χ1n) is 4.67. The monoisotopic (exact) mass is 187 g/mol. The van der Waals surface area contributed by atoms with Crippen molar-refractivity contribution < 1.29 is 0 Å². The van der Waals surface area contributed by atoms with Crippen LogP contribution in [0.5, 0.6) is 0 Å². The van der Waals surface area contributed by atoms with E-state index in [1.807, 2.05) is 36.8 Å². The van der Waals surface area contributed by atoms with Crippen molar-refractivity contribution in [3.8, 4) is 0 Å². The second-order valence-corrected chi connectivity index (χ2v) is 3.14. The lowest BCUT2D eigenvalue weighted by Crippen LogP contribution is -2.12. The Morgan fingerprint density at radius 1 is 1.21 bits per heavy atom. The number of H-pyrrole nitrogens is 1. The van der Waals surface area contributed by atoms with Crippen LogP contribution in [0.1, 0.15) is 11.3 Å². The second-order valence-electron chi connectivity index (χ2n) is 3.14. The second kappa shape index (κ2) is 4.58. The molecule has 2 N–H and O–H groups in total. The Kier molecular flexibility index (Phi) is 2.93. The van der Waals surface area contributed by atoms with Crippen LogP contribution in [0.3, 0.4) is 0 Å². The first kappa shape index (κ1) is 8.97. The zero-order chi connectivity index (χ0) is 9.64. The van der Waals surface area contributed by atoms with E-state index in [9.17, 15) is 0 Å². The average Bonchev–Trinajstić information content (AvgIpc) is 2.72. The van der Waals surface area contributed by atoms with E-state index in [-0.39, 0.29) is 0 Å². The Bertz CT molecular complexity index is 353. The number of aromatic nitrogens is 2. The molecule has 0 aromatic carbocycles. The van der Waals surface area contributed by atoms with Gasteiger partial charge in [-0.2, -0.15) is 0 Å². The largest absolute Gasteiger partial charge is 0.367 e. The third kappa shape index (κ3) is 2.44. The van der Waals surface area contributed by atoms with Crippen molar-refractivity contribution >= 4 is 0 Å². The van der Waals surface area contributed by atoms with Crippen LogP contribution in [-0.2, 0) is 13.1 Å². The molecular formula is C11H13N3. The van der Waals surface area contributed by atoms with Crippen molar-refractivity contribution in [1.82, 2.24) is 15.3 Å². The molecule has 0 radical (unpaired) electrons. The standard InChI is InChI=1S/C11H13N3/c1-2-5-14-11(3-1)9-13-8-10-4-6-12-7-10/h1-7,12-13H,8-9H2. The van der Waals surface area contributed by atoms with Gasteiger partial charge in [0.25, 0.3) is 0 Å². The highest BCUT2D eigenvalue weighted by molar-refractivity contribution is 5.08. The lowest BCUT2D eigenvalue weighted by molar-refractivity contribution is 0.680. The molecule has 0 aliphatic rings. The van der Waals surface area contributed by atoms with Gasteiger partial charge >= 0.3 is 0 Å². The summed E-state index contributed by atoms with van der Waals surface area (Å²) in [6.07, 6.45) is 5.73. The normalized spacial score (nSPS) is 10.3. The number of hydrogen-bond donors (Lipinski definition) is 2. The third-order valence-corrected chi connectivity index (χ3v) is 2.02. The zero-order valence-electron chi connectivity index (χ0n) is 7.90. The molecule has 2 rings (SSSR count). The van der Waals surface area contributed by atoms with Gasteiger partial charge in [0.2, 0.25) is 0 Å². The fraction of sp³-hybridized carbons (Fsp3) is 0.182. The molecule has 0 bridgehead atoms. The highest BCUT2D eigenvalue weighted by Crippen LogP contribution is 1.97. The van der Waals surface area contributed by atoms with Crippen molar-refractivity contribution in [3.05, 3.63) is 54.1 Å². The van der Waals surface area contributed by atoms with E-state index in [4.69, 9.17) is 0 Å². The van der Waals surface area contributed by atoms with Gasteiger partial charge in [-0.3, -0.25) is 4.98 Å². The molecule has 3 heteroatoms. The quantitative estimate of drug-likeness (QED) is 0.764. The van der Waals surface area contributed by atoms with Gasteiger partial charge in [-0.05, 0) is 23.8 Å². The van der Waals surface area contributed by atoms with Crippen molar-refractivity contribution in [2.24, 2.45) is 0 Å². The number of rotatable bonds is 4. The minimum Gasteiger partial charge on any atom is -0.367 e. The predicted molar refractivity (Wildman–Crippen MR) is 55.6 cm³/mol. The lowest BCUT2D eigenvalue weighted by Gasteiger charge is -2.01. The maximum Gasteiger partial charge on any atom is 0.0541 e. The molecule has 0 aliphatic heterocycles. The maximum absolute atomic E-state index is 4.23. The van der Waals surface area contributed by atoms with Crippen LogP contribution in [0.4, 0.5) is 0 Å². The topological polar surface area (TPSA) is 40.7 Å². The molecule has 0 aliphatic carbocycles. The highest BCUT2D eigenvalue weighted by Gasteiger charge is 1.93. The van der Waals surface area contributed by atoms with Crippen molar-refractivity contribution in [1.29, 1.82) is 0 Å². The molecule has 0 spiro atoms. The van der Waals surface area contributed by atoms with Gasteiger partial charge in [-0.15, -0.1) is 0 Å². The molecule has 0 amide bonds. The minimum absolute atomic E-state index is 0.812. The Labute approximate surface area is 83.2 Å². The summed E-state index contributed by atoms with van der Waals surface area (Å²) in [6.45, 7) is 1.69. The summed E-state index contributed by atoms with van der Waals surface area (Å²) in [5.41, 5.74) is 2.34. The Morgan fingerprint density at radius 3 is 2.93 bits per heavy atom. The van der Waals surface area contributed by atoms with Gasteiger partial charge in [0.15, 0.2) is 0 Å². The summed E-state index contributed by atoms with van der Waals surface area (Å²) in [5.74, 6) is 0. The third-order valence-electron chi connectivity index (χ3n) is 2.02. The van der Waals surface area contributed by atoms with Crippen LogP contribution in [0, 0.1) is 0 Å². The lowest BCUT2D eigenvalue weighted by atomic mass is 10.3. The van der Waals surface area contributed by atoms with E-state index in [0.29, 0.717) is 0 Å². The predicted octanol–water partition coefficient (Wildman–Crippen LogP) is 1.70.